The van der Waals surface area contributed by atoms with Gasteiger partial charge in [0.05, 0.1) is 10.7 Å². The smallest absolute Gasteiger partial charge is 0.190 e. The molecule has 1 aromatic rings. The zero-order chi connectivity index (χ0) is 15.5. The van der Waals surface area contributed by atoms with Crippen molar-refractivity contribution in [1.29, 1.82) is 0 Å². The molecule has 0 aromatic carbocycles. The number of rotatable bonds is 9. The van der Waals surface area contributed by atoms with Crippen LogP contribution in [0.4, 0.5) is 0 Å². The van der Waals surface area contributed by atoms with Gasteiger partial charge in [0.2, 0.25) is 0 Å². The highest BCUT2D eigenvalue weighted by Crippen LogP contribution is 2.19. The van der Waals surface area contributed by atoms with E-state index in [-0.39, 0.29) is 0 Å². The SMILES string of the molecule is CCOCCCNC(=NC)NCCc1csc(C(C)C)n1. The quantitative estimate of drug-likeness (QED) is 0.418. The van der Waals surface area contributed by atoms with Crippen LogP contribution in [0.5, 0.6) is 0 Å². The number of ether oxygens (including phenoxy) is 1. The molecule has 120 valence electrons. The Morgan fingerprint density at radius 1 is 1.38 bits per heavy atom. The van der Waals surface area contributed by atoms with Crippen LogP contribution in [0, 0.1) is 0 Å². The summed E-state index contributed by atoms with van der Waals surface area (Å²) in [4.78, 5) is 8.84. The molecule has 6 heteroatoms. The number of aliphatic imine (C=N–C) groups is 1. The molecular weight excluding hydrogens is 284 g/mol. The first-order valence-electron chi connectivity index (χ1n) is 7.64. The van der Waals surface area contributed by atoms with Crippen molar-refractivity contribution in [1.82, 2.24) is 15.6 Å². The molecule has 0 aliphatic rings. The first kappa shape index (κ1) is 17.9. The first-order valence-corrected chi connectivity index (χ1v) is 8.51. The predicted molar refractivity (Wildman–Crippen MR) is 90.4 cm³/mol. The zero-order valence-electron chi connectivity index (χ0n) is 13.6. The molecule has 1 rings (SSSR count). The molecule has 0 saturated carbocycles. The van der Waals surface area contributed by atoms with Gasteiger partial charge in [-0.2, -0.15) is 0 Å². The van der Waals surface area contributed by atoms with Gasteiger partial charge in [-0.3, -0.25) is 4.99 Å². The average Bonchev–Trinajstić information content (AvgIpc) is 2.94. The van der Waals surface area contributed by atoms with E-state index in [2.05, 4.69) is 39.8 Å². The largest absolute Gasteiger partial charge is 0.382 e. The van der Waals surface area contributed by atoms with Crippen LogP contribution in [-0.4, -0.2) is 44.3 Å². The maximum Gasteiger partial charge on any atom is 0.190 e. The molecule has 0 spiro atoms. The fourth-order valence-corrected chi connectivity index (χ4v) is 2.63. The molecule has 0 amide bonds. The maximum atomic E-state index is 5.30. The van der Waals surface area contributed by atoms with Crippen molar-refractivity contribution in [3.8, 4) is 0 Å². The highest BCUT2D eigenvalue weighted by atomic mass is 32.1. The van der Waals surface area contributed by atoms with Gasteiger partial charge in [-0.25, -0.2) is 4.98 Å². The molecule has 0 radical (unpaired) electrons. The van der Waals surface area contributed by atoms with E-state index in [1.165, 1.54) is 5.01 Å². The van der Waals surface area contributed by atoms with Gasteiger partial charge in [0.25, 0.3) is 0 Å². The molecule has 0 aliphatic heterocycles. The fraction of sp³-hybridized carbons (Fsp3) is 0.733. The summed E-state index contributed by atoms with van der Waals surface area (Å²) in [7, 11) is 1.79. The van der Waals surface area contributed by atoms with Crippen molar-refractivity contribution in [3.05, 3.63) is 16.1 Å². The lowest BCUT2D eigenvalue weighted by Gasteiger charge is -2.11. The lowest BCUT2D eigenvalue weighted by atomic mass is 10.2. The standard InChI is InChI=1S/C15H28N4OS/c1-5-20-10-6-8-17-15(16-4)18-9-7-13-11-21-14(19-13)12(2)3/h11-12H,5-10H2,1-4H3,(H2,16,17,18). The number of hydrogen-bond acceptors (Lipinski definition) is 4. The maximum absolute atomic E-state index is 5.30. The average molecular weight is 312 g/mol. The van der Waals surface area contributed by atoms with Crippen molar-refractivity contribution in [3.63, 3.8) is 0 Å². The molecule has 0 bridgehead atoms. The van der Waals surface area contributed by atoms with E-state index in [4.69, 9.17) is 4.74 Å². The number of guanidine groups is 1. The summed E-state index contributed by atoms with van der Waals surface area (Å²) in [5, 5.41) is 9.95. The summed E-state index contributed by atoms with van der Waals surface area (Å²) < 4.78 is 5.30. The van der Waals surface area contributed by atoms with Crippen LogP contribution in [0.3, 0.4) is 0 Å². The Morgan fingerprint density at radius 2 is 2.14 bits per heavy atom. The van der Waals surface area contributed by atoms with Crippen LogP contribution in [0.15, 0.2) is 10.4 Å². The van der Waals surface area contributed by atoms with Crippen molar-refractivity contribution < 1.29 is 4.74 Å². The summed E-state index contributed by atoms with van der Waals surface area (Å²) in [6.45, 7) is 9.64. The Hall–Kier alpha value is -1.14. The normalized spacial score (nSPS) is 12.0. The van der Waals surface area contributed by atoms with Crippen LogP contribution >= 0.6 is 11.3 Å². The van der Waals surface area contributed by atoms with Gasteiger partial charge < -0.3 is 15.4 Å². The van der Waals surface area contributed by atoms with Crippen molar-refractivity contribution in [2.45, 2.75) is 39.5 Å². The third kappa shape index (κ3) is 7.43. The molecular formula is C15H28N4OS. The van der Waals surface area contributed by atoms with Gasteiger partial charge in [-0.1, -0.05) is 13.8 Å². The molecule has 2 N–H and O–H groups in total. The van der Waals surface area contributed by atoms with E-state index in [0.717, 1.165) is 50.8 Å². The lowest BCUT2D eigenvalue weighted by molar-refractivity contribution is 0.145. The third-order valence-electron chi connectivity index (χ3n) is 2.92. The number of nitrogens with one attached hydrogen (secondary N) is 2. The monoisotopic (exact) mass is 312 g/mol. The van der Waals surface area contributed by atoms with Crippen molar-refractivity contribution >= 4 is 17.3 Å². The minimum absolute atomic E-state index is 0.511. The Balaban J connectivity index is 2.19. The third-order valence-corrected chi connectivity index (χ3v) is 4.12. The van der Waals surface area contributed by atoms with E-state index < -0.39 is 0 Å². The van der Waals surface area contributed by atoms with E-state index in [1.807, 2.05) is 6.92 Å². The molecule has 0 fully saturated rings. The molecule has 1 heterocycles. The van der Waals surface area contributed by atoms with Gasteiger partial charge in [0.15, 0.2) is 5.96 Å². The van der Waals surface area contributed by atoms with E-state index in [1.54, 1.807) is 18.4 Å². The summed E-state index contributed by atoms with van der Waals surface area (Å²) in [6, 6.07) is 0. The number of thiazole rings is 1. The van der Waals surface area contributed by atoms with Crippen LogP contribution < -0.4 is 10.6 Å². The number of nitrogens with zero attached hydrogens (tertiary/aromatic N) is 2. The fourth-order valence-electron chi connectivity index (χ4n) is 1.76. The summed E-state index contributed by atoms with van der Waals surface area (Å²) in [5.41, 5.74) is 1.16. The van der Waals surface area contributed by atoms with E-state index >= 15 is 0 Å². The van der Waals surface area contributed by atoms with Crippen molar-refractivity contribution in [2.24, 2.45) is 4.99 Å². The van der Waals surface area contributed by atoms with E-state index in [0.29, 0.717) is 5.92 Å². The van der Waals surface area contributed by atoms with Crippen LogP contribution in [0.2, 0.25) is 0 Å². The van der Waals surface area contributed by atoms with Gasteiger partial charge in [0.1, 0.15) is 0 Å². The minimum atomic E-state index is 0.511. The van der Waals surface area contributed by atoms with Gasteiger partial charge in [-0.05, 0) is 13.3 Å². The molecule has 0 aliphatic carbocycles. The number of hydrogen-bond donors (Lipinski definition) is 2. The van der Waals surface area contributed by atoms with Crippen LogP contribution in [0.1, 0.15) is 43.8 Å². The molecule has 0 saturated heterocycles. The topological polar surface area (TPSA) is 58.5 Å². The van der Waals surface area contributed by atoms with Crippen LogP contribution in [-0.2, 0) is 11.2 Å². The molecule has 5 nitrogen and oxygen atoms in total. The second-order valence-electron chi connectivity index (χ2n) is 5.06. The number of aromatic nitrogens is 1. The summed E-state index contributed by atoms with van der Waals surface area (Å²) in [5.74, 6) is 1.35. The zero-order valence-corrected chi connectivity index (χ0v) is 14.4. The summed E-state index contributed by atoms with van der Waals surface area (Å²) in [6.07, 6.45) is 1.90. The lowest BCUT2D eigenvalue weighted by Crippen LogP contribution is -2.39. The van der Waals surface area contributed by atoms with Gasteiger partial charge in [0, 0.05) is 51.1 Å². The highest BCUT2D eigenvalue weighted by Gasteiger charge is 2.05. The van der Waals surface area contributed by atoms with E-state index in [9.17, 15) is 0 Å². The Labute approximate surface area is 132 Å². The summed E-state index contributed by atoms with van der Waals surface area (Å²) >= 11 is 1.75. The van der Waals surface area contributed by atoms with Gasteiger partial charge >= 0.3 is 0 Å². The Bertz CT molecular complexity index is 418. The van der Waals surface area contributed by atoms with Crippen LogP contribution in [0.25, 0.3) is 0 Å². The van der Waals surface area contributed by atoms with Crippen molar-refractivity contribution in [2.75, 3.05) is 33.4 Å². The molecule has 0 atom stereocenters. The molecule has 0 unspecified atom stereocenters. The predicted octanol–water partition coefficient (Wildman–Crippen LogP) is 2.40. The van der Waals surface area contributed by atoms with Gasteiger partial charge in [-0.15, -0.1) is 11.3 Å². The molecule has 1 aromatic heterocycles. The molecule has 21 heavy (non-hydrogen) atoms. The first-order chi connectivity index (χ1) is 10.2. The Morgan fingerprint density at radius 3 is 2.76 bits per heavy atom. The second kappa shape index (κ2) is 10.6. The highest BCUT2D eigenvalue weighted by molar-refractivity contribution is 7.09. The minimum Gasteiger partial charge on any atom is -0.382 e. The second-order valence-corrected chi connectivity index (χ2v) is 5.95. The Kier molecular flexibility index (Phi) is 9.01.